The molecule has 1 aliphatic carbocycles. The molecule has 3 rings (SSSR count). The Morgan fingerprint density at radius 2 is 1.71 bits per heavy atom. The van der Waals surface area contributed by atoms with Crippen molar-refractivity contribution in [2.75, 3.05) is 0 Å². The minimum Gasteiger partial charge on any atom is -0.320 e. The Kier molecular flexibility index (Phi) is 4.14. The van der Waals surface area contributed by atoms with Gasteiger partial charge in [-0.1, -0.05) is 18.6 Å². The topological polar surface area (TPSA) is 26.0 Å². The highest BCUT2D eigenvalue weighted by atomic mass is 32.1. The highest BCUT2D eigenvalue weighted by molar-refractivity contribution is 7.12. The third-order valence-corrected chi connectivity index (χ3v) is 5.71. The number of benzene rings is 1. The Bertz CT molecular complexity index is 613. The van der Waals surface area contributed by atoms with Crippen LogP contribution in [0.1, 0.15) is 57.3 Å². The van der Waals surface area contributed by atoms with Gasteiger partial charge in [-0.05, 0) is 67.9 Å². The van der Waals surface area contributed by atoms with Gasteiger partial charge in [-0.2, -0.15) is 0 Å². The van der Waals surface area contributed by atoms with Crippen molar-refractivity contribution in [1.29, 1.82) is 0 Å². The van der Waals surface area contributed by atoms with E-state index in [4.69, 9.17) is 5.73 Å². The molecule has 2 aromatic rings. The van der Waals surface area contributed by atoms with Gasteiger partial charge in [0.25, 0.3) is 0 Å². The van der Waals surface area contributed by atoms with Gasteiger partial charge in [-0.3, -0.25) is 0 Å². The second-order valence-electron chi connectivity index (χ2n) is 6.10. The van der Waals surface area contributed by atoms with Crippen LogP contribution in [0.3, 0.4) is 0 Å². The maximum Gasteiger partial charge on any atom is 0.129 e. The van der Waals surface area contributed by atoms with Gasteiger partial charge in [-0.15, -0.1) is 11.3 Å². The predicted octanol–water partition coefficient (Wildman–Crippen LogP) is 4.82. The number of halogens is 1. The third-order valence-electron chi connectivity index (χ3n) is 4.39. The largest absolute Gasteiger partial charge is 0.320 e. The molecule has 1 aromatic heterocycles. The minimum atomic E-state index is -0.139. The van der Waals surface area contributed by atoms with Crippen molar-refractivity contribution < 1.29 is 4.39 Å². The molecule has 0 saturated carbocycles. The highest BCUT2D eigenvalue weighted by Crippen LogP contribution is 2.34. The third kappa shape index (κ3) is 2.90. The molecule has 0 saturated heterocycles. The van der Waals surface area contributed by atoms with Crippen LogP contribution in [0.2, 0.25) is 0 Å². The number of hydrogen-bond donors (Lipinski definition) is 1. The zero-order chi connectivity index (χ0) is 15.0. The Hall–Kier alpha value is -1.19. The zero-order valence-electron chi connectivity index (χ0n) is 12.7. The highest BCUT2D eigenvalue weighted by Gasteiger charge is 2.18. The molecule has 2 N–H and O–H groups in total. The fourth-order valence-corrected chi connectivity index (χ4v) is 4.45. The van der Waals surface area contributed by atoms with Crippen LogP contribution >= 0.6 is 11.3 Å². The molecule has 3 heteroatoms. The van der Waals surface area contributed by atoms with Crippen molar-refractivity contribution in [3.8, 4) is 0 Å². The Labute approximate surface area is 130 Å². The quantitative estimate of drug-likeness (QED) is 0.791. The molecule has 0 spiro atoms. The fourth-order valence-electron chi connectivity index (χ4n) is 3.17. The van der Waals surface area contributed by atoms with Crippen LogP contribution in [0.15, 0.2) is 18.2 Å². The molecule has 1 atom stereocenters. The molecular weight excluding hydrogens is 281 g/mol. The molecule has 1 heterocycles. The summed E-state index contributed by atoms with van der Waals surface area (Å²) in [7, 11) is 0. The summed E-state index contributed by atoms with van der Waals surface area (Å²) in [5.74, 6) is -0.118. The average molecular weight is 303 g/mol. The maximum absolute atomic E-state index is 13.8. The number of rotatable bonds is 2. The Morgan fingerprint density at radius 1 is 1.05 bits per heavy atom. The van der Waals surface area contributed by atoms with E-state index < -0.39 is 0 Å². The summed E-state index contributed by atoms with van der Waals surface area (Å²) in [5.41, 5.74) is 10.3. The molecule has 1 nitrogen and oxygen atoms in total. The predicted molar refractivity (Wildman–Crippen MR) is 87.5 cm³/mol. The summed E-state index contributed by atoms with van der Waals surface area (Å²) in [6, 6.07) is 5.92. The van der Waals surface area contributed by atoms with E-state index in [1.165, 1.54) is 47.4 Å². The monoisotopic (exact) mass is 303 g/mol. The summed E-state index contributed by atoms with van der Waals surface area (Å²) in [4.78, 5) is 2.72. The van der Waals surface area contributed by atoms with Gasteiger partial charge >= 0.3 is 0 Å². The van der Waals surface area contributed by atoms with Crippen molar-refractivity contribution in [1.82, 2.24) is 0 Å². The first-order valence-electron chi connectivity index (χ1n) is 7.70. The Morgan fingerprint density at radius 3 is 2.43 bits per heavy atom. The molecule has 1 aromatic carbocycles. The van der Waals surface area contributed by atoms with Gasteiger partial charge in [0.1, 0.15) is 5.82 Å². The molecule has 112 valence electrons. The smallest absolute Gasteiger partial charge is 0.129 e. The van der Waals surface area contributed by atoms with Crippen LogP contribution in [0.25, 0.3) is 0 Å². The molecule has 0 bridgehead atoms. The van der Waals surface area contributed by atoms with E-state index in [2.05, 4.69) is 6.07 Å². The van der Waals surface area contributed by atoms with E-state index in [9.17, 15) is 4.39 Å². The van der Waals surface area contributed by atoms with Crippen LogP contribution < -0.4 is 5.73 Å². The van der Waals surface area contributed by atoms with Gasteiger partial charge in [0.2, 0.25) is 0 Å². The van der Waals surface area contributed by atoms with Crippen molar-refractivity contribution >= 4 is 11.3 Å². The van der Waals surface area contributed by atoms with Crippen molar-refractivity contribution in [3.05, 3.63) is 56.0 Å². The first-order chi connectivity index (χ1) is 10.1. The first-order valence-corrected chi connectivity index (χ1v) is 8.51. The summed E-state index contributed by atoms with van der Waals surface area (Å²) in [5, 5.41) is 0. The number of thiophene rings is 1. The van der Waals surface area contributed by atoms with Gasteiger partial charge in [0.15, 0.2) is 0 Å². The number of fused-ring (bicyclic) bond motifs is 1. The Balaban J connectivity index is 1.93. The number of hydrogen-bond acceptors (Lipinski definition) is 2. The van der Waals surface area contributed by atoms with E-state index in [-0.39, 0.29) is 11.9 Å². The molecule has 21 heavy (non-hydrogen) atoms. The molecule has 0 aliphatic heterocycles. The lowest BCUT2D eigenvalue weighted by atomic mass is 9.99. The number of aryl methyl sites for hydroxylation is 4. The molecule has 0 fully saturated rings. The van der Waals surface area contributed by atoms with Crippen LogP contribution in [0, 0.1) is 19.7 Å². The standard InChI is InChI=1S/C18H22FNS/c1-11-8-14(9-12(2)17(11)19)18(20)16-10-13-6-4-3-5-7-15(13)21-16/h8-10,18H,3-7,20H2,1-2H3. The lowest BCUT2D eigenvalue weighted by Crippen LogP contribution is -2.11. The molecule has 0 amide bonds. The maximum atomic E-state index is 13.8. The van der Waals surface area contributed by atoms with Gasteiger partial charge in [0, 0.05) is 9.75 Å². The second-order valence-corrected chi connectivity index (χ2v) is 7.27. The normalized spacial score (nSPS) is 16.4. The molecule has 1 aliphatic rings. The fraction of sp³-hybridized carbons (Fsp3) is 0.444. The summed E-state index contributed by atoms with van der Waals surface area (Å²) in [6.07, 6.45) is 6.28. The summed E-state index contributed by atoms with van der Waals surface area (Å²) < 4.78 is 13.8. The number of nitrogens with two attached hydrogens (primary N) is 1. The van der Waals surface area contributed by atoms with Crippen LogP contribution in [0.4, 0.5) is 4.39 Å². The first kappa shape index (κ1) is 14.7. The lowest BCUT2D eigenvalue weighted by molar-refractivity contribution is 0.607. The van der Waals surface area contributed by atoms with E-state index in [1.54, 1.807) is 0 Å². The van der Waals surface area contributed by atoms with E-state index in [0.29, 0.717) is 11.1 Å². The SMILES string of the molecule is Cc1cc(C(N)c2cc3c(s2)CCCCC3)cc(C)c1F. The zero-order valence-corrected chi connectivity index (χ0v) is 13.5. The average Bonchev–Trinajstić information content (AvgIpc) is 2.74. The van der Waals surface area contributed by atoms with Gasteiger partial charge < -0.3 is 5.73 Å². The summed E-state index contributed by atoms with van der Waals surface area (Å²) >= 11 is 1.85. The van der Waals surface area contributed by atoms with Gasteiger partial charge in [-0.25, -0.2) is 4.39 Å². The van der Waals surface area contributed by atoms with Crippen molar-refractivity contribution in [3.63, 3.8) is 0 Å². The van der Waals surface area contributed by atoms with Gasteiger partial charge in [0.05, 0.1) is 6.04 Å². The van der Waals surface area contributed by atoms with Crippen molar-refractivity contribution in [2.24, 2.45) is 5.73 Å². The molecule has 1 unspecified atom stereocenters. The van der Waals surface area contributed by atoms with E-state index in [0.717, 1.165) is 5.56 Å². The lowest BCUT2D eigenvalue weighted by Gasteiger charge is -2.13. The molecular formula is C18H22FNS. The minimum absolute atomic E-state index is 0.118. The second kappa shape index (κ2) is 5.90. The van der Waals surface area contributed by atoms with E-state index >= 15 is 0 Å². The van der Waals surface area contributed by atoms with Crippen LogP contribution in [0.5, 0.6) is 0 Å². The van der Waals surface area contributed by atoms with Crippen LogP contribution in [-0.4, -0.2) is 0 Å². The van der Waals surface area contributed by atoms with Crippen LogP contribution in [-0.2, 0) is 12.8 Å². The molecule has 0 radical (unpaired) electrons. The van der Waals surface area contributed by atoms with E-state index in [1.807, 2.05) is 37.3 Å². The van der Waals surface area contributed by atoms with Crippen molar-refractivity contribution in [2.45, 2.75) is 52.0 Å². The summed E-state index contributed by atoms with van der Waals surface area (Å²) in [6.45, 7) is 3.62.